The average molecular weight is 434 g/mol. The minimum absolute atomic E-state index is 0.155. The summed E-state index contributed by atoms with van der Waals surface area (Å²) in [5.41, 5.74) is 1.92. The van der Waals surface area contributed by atoms with Gasteiger partial charge in [0.2, 0.25) is 5.91 Å². The van der Waals surface area contributed by atoms with E-state index in [0.717, 1.165) is 17.4 Å². The molecule has 0 radical (unpaired) electrons. The molecule has 1 heterocycles. The number of rotatable bonds is 7. The number of benzene rings is 2. The summed E-state index contributed by atoms with van der Waals surface area (Å²) in [6, 6.07) is 11.6. The van der Waals surface area contributed by atoms with Crippen LogP contribution in [0, 0.1) is 0 Å². The van der Waals surface area contributed by atoms with Crippen LogP contribution in [0.4, 0.5) is 5.69 Å². The standard InChI is InChI=1S/C21H21Cl2N3O3/c1-13(24-21(28)16-4-3-5-17(22)19(16)23)20(27)25-15-6-7-18-14(12-15)8-9-26(18)10-11-29-2/h3-9,12-13H,10-11H2,1-2H3,(H,24,28)(H,25,27). The summed E-state index contributed by atoms with van der Waals surface area (Å²) in [5.74, 6) is -0.805. The van der Waals surface area contributed by atoms with Gasteiger partial charge in [0.05, 0.1) is 22.2 Å². The largest absolute Gasteiger partial charge is 0.383 e. The maximum absolute atomic E-state index is 12.5. The predicted molar refractivity (Wildman–Crippen MR) is 116 cm³/mol. The van der Waals surface area contributed by atoms with E-state index in [1.165, 1.54) is 0 Å². The molecule has 0 aliphatic heterocycles. The number of hydrogen-bond donors (Lipinski definition) is 2. The van der Waals surface area contributed by atoms with E-state index >= 15 is 0 Å². The van der Waals surface area contributed by atoms with Crippen molar-refractivity contribution in [2.45, 2.75) is 19.5 Å². The van der Waals surface area contributed by atoms with Gasteiger partial charge in [0.25, 0.3) is 5.91 Å². The highest BCUT2D eigenvalue weighted by Gasteiger charge is 2.19. The van der Waals surface area contributed by atoms with Crippen LogP contribution in [0.2, 0.25) is 10.0 Å². The molecule has 29 heavy (non-hydrogen) atoms. The van der Waals surface area contributed by atoms with Crippen LogP contribution < -0.4 is 10.6 Å². The molecule has 1 atom stereocenters. The van der Waals surface area contributed by atoms with Gasteiger partial charge in [-0.1, -0.05) is 29.3 Å². The number of anilines is 1. The molecule has 0 bridgehead atoms. The number of aromatic nitrogens is 1. The van der Waals surface area contributed by atoms with Gasteiger partial charge >= 0.3 is 0 Å². The number of ether oxygens (including phenoxy) is 1. The lowest BCUT2D eigenvalue weighted by Gasteiger charge is -2.15. The van der Waals surface area contributed by atoms with Crippen molar-refractivity contribution in [3.63, 3.8) is 0 Å². The summed E-state index contributed by atoms with van der Waals surface area (Å²) in [6.45, 7) is 2.97. The molecule has 0 spiro atoms. The van der Waals surface area contributed by atoms with Crippen molar-refractivity contribution < 1.29 is 14.3 Å². The molecule has 2 aromatic carbocycles. The monoisotopic (exact) mass is 433 g/mol. The molecular formula is C21H21Cl2N3O3. The molecule has 0 aliphatic rings. The Kier molecular flexibility index (Phi) is 6.79. The average Bonchev–Trinajstić information content (AvgIpc) is 3.10. The number of fused-ring (bicyclic) bond motifs is 1. The van der Waals surface area contributed by atoms with Crippen LogP contribution in [0.25, 0.3) is 10.9 Å². The molecule has 1 aromatic heterocycles. The number of amides is 2. The number of hydrogen-bond acceptors (Lipinski definition) is 3. The zero-order chi connectivity index (χ0) is 21.0. The minimum atomic E-state index is -0.764. The Morgan fingerprint density at radius 2 is 1.97 bits per heavy atom. The van der Waals surface area contributed by atoms with Crippen LogP contribution in [0.1, 0.15) is 17.3 Å². The number of methoxy groups -OCH3 is 1. The fraction of sp³-hybridized carbons (Fsp3) is 0.238. The molecular weight excluding hydrogens is 413 g/mol. The van der Waals surface area contributed by atoms with Gasteiger partial charge in [-0.15, -0.1) is 0 Å². The van der Waals surface area contributed by atoms with Crippen molar-refractivity contribution in [1.29, 1.82) is 0 Å². The van der Waals surface area contributed by atoms with Gasteiger partial charge in [-0.25, -0.2) is 0 Å². The molecule has 8 heteroatoms. The van der Waals surface area contributed by atoms with Gasteiger partial charge in [0.15, 0.2) is 0 Å². The fourth-order valence-corrected chi connectivity index (χ4v) is 3.32. The lowest BCUT2D eigenvalue weighted by Crippen LogP contribution is -2.41. The van der Waals surface area contributed by atoms with E-state index in [9.17, 15) is 9.59 Å². The lowest BCUT2D eigenvalue weighted by molar-refractivity contribution is -0.117. The van der Waals surface area contributed by atoms with Gasteiger partial charge in [-0.2, -0.15) is 0 Å². The van der Waals surface area contributed by atoms with Gasteiger partial charge in [0.1, 0.15) is 6.04 Å². The van der Waals surface area contributed by atoms with Crippen molar-refractivity contribution >= 4 is 51.6 Å². The molecule has 152 valence electrons. The fourth-order valence-electron chi connectivity index (χ4n) is 2.93. The molecule has 2 amide bonds. The number of carbonyl (C=O) groups excluding carboxylic acids is 2. The summed E-state index contributed by atoms with van der Waals surface area (Å²) in [6.07, 6.45) is 1.98. The Morgan fingerprint density at radius 1 is 1.17 bits per heavy atom. The van der Waals surface area contributed by atoms with Gasteiger partial charge in [-0.05, 0) is 43.3 Å². The second kappa shape index (κ2) is 9.31. The van der Waals surface area contributed by atoms with Crippen LogP contribution in [0.5, 0.6) is 0 Å². The van der Waals surface area contributed by atoms with E-state index in [0.29, 0.717) is 12.3 Å². The zero-order valence-corrected chi connectivity index (χ0v) is 17.6. The molecule has 0 saturated heterocycles. The Hall–Kier alpha value is -2.54. The first-order valence-corrected chi connectivity index (χ1v) is 9.80. The predicted octanol–water partition coefficient (Wildman–Crippen LogP) is 4.35. The first-order chi connectivity index (χ1) is 13.9. The van der Waals surface area contributed by atoms with Crippen molar-refractivity contribution in [2.75, 3.05) is 19.0 Å². The molecule has 0 aliphatic carbocycles. The van der Waals surface area contributed by atoms with Crippen LogP contribution in [-0.4, -0.2) is 36.1 Å². The third-order valence-electron chi connectivity index (χ3n) is 4.51. The van der Waals surface area contributed by atoms with Crippen molar-refractivity contribution in [1.82, 2.24) is 9.88 Å². The smallest absolute Gasteiger partial charge is 0.253 e. The van der Waals surface area contributed by atoms with Crippen molar-refractivity contribution in [3.8, 4) is 0 Å². The molecule has 2 N–H and O–H groups in total. The first kappa shape index (κ1) is 21.2. The SMILES string of the molecule is COCCn1ccc2cc(NC(=O)C(C)NC(=O)c3cccc(Cl)c3Cl)ccc21. The van der Waals surface area contributed by atoms with Crippen LogP contribution in [0.3, 0.4) is 0 Å². The van der Waals surface area contributed by atoms with E-state index in [4.69, 9.17) is 27.9 Å². The normalized spacial score (nSPS) is 12.0. The van der Waals surface area contributed by atoms with Gasteiger partial charge < -0.3 is 19.9 Å². The quantitative estimate of drug-likeness (QED) is 0.581. The number of carbonyl (C=O) groups is 2. The number of halogens is 2. The molecule has 3 aromatic rings. The number of nitrogens with one attached hydrogen (secondary N) is 2. The van der Waals surface area contributed by atoms with Crippen LogP contribution in [-0.2, 0) is 16.1 Å². The Morgan fingerprint density at radius 3 is 2.72 bits per heavy atom. The third kappa shape index (κ3) is 4.90. The Balaban J connectivity index is 1.66. The van der Waals surface area contributed by atoms with Crippen LogP contribution >= 0.6 is 23.2 Å². The molecule has 1 unspecified atom stereocenters. The minimum Gasteiger partial charge on any atom is -0.383 e. The third-order valence-corrected chi connectivity index (χ3v) is 5.33. The van der Waals surface area contributed by atoms with Crippen molar-refractivity contribution in [3.05, 3.63) is 64.3 Å². The highest BCUT2D eigenvalue weighted by atomic mass is 35.5. The second-order valence-electron chi connectivity index (χ2n) is 6.56. The van der Waals surface area contributed by atoms with E-state index in [2.05, 4.69) is 15.2 Å². The molecule has 6 nitrogen and oxygen atoms in total. The van der Waals surface area contributed by atoms with E-state index in [1.54, 1.807) is 32.2 Å². The van der Waals surface area contributed by atoms with E-state index in [-0.39, 0.29) is 21.5 Å². The molecule has 0 saturated carbocycles. The summed E-state index contributed by atoms with van der Waals surface area (Å²) >= 11 is 12.0. The topological polar surface area (TPSA) is 72.4 Å². The highest BCUT2D eigenvalue weighted by Crippen LogP contribution is 2.25. The van der Waals surface area contributed by atoms with Crippen LogP contribution in [0.15, 0.2) is 48.7 Å². The van der Waals surface area contributed by atoms with Gasteiger partial charge in [0, 0.05) is 36.4 Å². The van der Waals surface area contributed by atoms with E-state index < -0.39 is 11.9 Å². The Bertz CT molecular complexity index is 1050. The first-order valence-electron chi connectivity index (χ1n) is 9.04. The zero-order valence-electron chi connectivity index (χ0n) is 16.0. The summed E-state index contributed by atoms with van der Waals surface area (Å²) in [4.78, 5) is 24.9. The van der Waals surface area contributed by atoms with Gasteiger partial charge in [-0.3, -0.25) is 9.59 Å². The lowest BCUT2D eigenvalue weighted by atomic mass is 10.2. The summed E-state index contributed by atoms with van der Waals surface area (Å²) in [5, 5.41) is 6.90. The van der Waals surface area contributed by atoms with E-state index in [1.807, 2.05) is 30.5 Å². The maximum Gasteiger partial charge on any atom is 0.253 e. The van der Waals surface area contributed by atoms with Crippen molar-refractivity contribution in [2.24, 2.45) is 0 Å². The Labute approximate surface area is 178 Å². The number of nitrogens with zero attached hydrogens (tertiary/aromatic N) is 1. The maximum atomic E-state index is 12.5. The summed E-state index contributed by atoms with van der Waals surface area (Å²) in [7, 11) is 1.67. The molecule has 3 rings (SSSR count). The molecule has 0 fully saturated rings. The highest BCUT2D eigenvalue weighted by molar-refractivity contribution is 6.43. The summed E-state index contributed by atoms with van der Waals surface area (Å²) < 4.78 is 7.20. The second-order valence-corrected chi connectivity index (χ2v) is 7.35.